The third-order valence-electron chi connectivity index (χ3n) is 5.99. The molecule has 0 aliphatic carbocycles. The summed E-state index contributed by atoms with van der Waals surface area (Å²) in [7, 11) is -3.72. The second-order valence-corrected chi connectivity index (χ2v) is 10.8. The number of hydrogen-bond acceptors (Lipinski definition) is 6. The Hall–Kier alpha value is -2.91. The summed E-state index contributed by atoms with van der Waals surface area (Å²) in [5, 5.41) is 2.05. The van der Waals surface area contributed by atoms with E-state index < -0.39 is 10.0 Å². The van der Waals surface area contributed by atoms with E-state index in [1.807, 2.05) is 0 Å². The molecule has 2 aliphatic heterocycles. The number of amides is 1. The molecule has 2 aliphatic rings. The van der Waals surface area contributed by atoms with Gasteiger partial charge in [0.2, 0.25) is 5.91 Å². The average Bonchev–Trinajstić information content (AvgIpc) is 3.42. The lowest BCUT2D eigenvalue weighted by Crippen LogP contribution is -2.41. The van der Waals surface area contributed by atoms with Gasteiger partial charge in [-0.3, -0.25) is 9.52 Å². The Morgan fingerprint density at radius 2 is 1.94 bits per heavy atom. The fourth-order valence-corrected chi connectivity index (χ4v) is 6.31. The van der Waals surface area contributed by atoms with Gasteiger partial charge >= 0.3 is 0 Å². The zero-order valence-corrected chi connectivity index (χ0v) is 19.4. The van der Waals surface area contributed by atoms with Crippen molar-refractivity contribution in [1.29, 1.82) is 0 Å². The lowest BCUT2D eigenvalue weighted by Gasteiger charge is -2.32. The van der Waals surface area contributed by atoms with E-state index in [1.165, 1.54) is 22.5 Å². The molecule has 168 valence electrons. The van der Waals surface area contributed by atoms with Crippen LogP contribution in [-0.4, -0.2) is 38.9 Å². The molecule has 7 nitrogen and oxygen atoms in total. The van der Waals surface area contributed by atoms with Gasteiger partial charge in [-0.2, -0.15) is 0 Å². The topological polar surface area (TPSA) is 82.6 Å². The fourth-order valence-electron chi connectivity index (χ4n) is 4.47. The van der Waals surface area contributed by atoms with Crippen molar-refractivity contribution in [2.45, 2.75) is 31.1 Å². The number of benzene rings is 2. The minimum absolute atomic E-state index is 0. The highest BCUT2D eigenvalue weighted by molar-refractivity contribution is 7.93. The van der Waals surface area contributed by atoms with Crippen LogP contribution in [0.1, 0.15) is 24.5 Å². The Labute approximate surface area is 193 Å². The van der Waals surface area contributed by atoms with E-state index in [2.05, 4.69) is 39.7 Å². The van der Waals surface area contributed by atoms with E-state index in [0.717, 1.165) is 36.3 Å². The van der Waals surface area contributed by atoms with E-state index in [0.29, 0.717) is 24.6 Å². The monoisotopic (exact) mass is 470 g/mol. The highest BCUT2D eigenvalue weighted by atomic mass is 32.2. The number of carbonyl (C=O) groups excluding carboxylic acids is 1. The molecule has 1 amide bonds. The van der Waals surface area contributed by atoms with Crippen molar-refractivity contribution in [2.75, 3.05) is 34.2 Å². The normalized spacial score (nSPS) is 15.4. The van der Waals surface area contributed by atoms with E-state index in [4.69, 9.17) is 0 Å². The largest absolute Gasteiger partial charge is 0.362 e. The van der Waals surface area contributed by atoms with Gasteiger partial charge in [0.05, 0.1) is 11.4 Å². The molecule has 1 aromatic heterocycles. The fraction of sp³-hybridized carbons (Fsp3) is 0.304. The van der Waals surface area contributed by atoms with Crippen molar-refractivity contribution < 1.29 is 14.6 Å². The van der Waals surface area contributed by atoms with Crippen LogP contribution >= 0.6 is 11.3 Å². The van der Waals surface area contributed by atoms with Crippen LogP contribution in [0.4, 0.5) is 16.5 Å². The Balaban J connectivity index is 0.00000259. The van der Waals surface area contributed by atoms with Crippen LogP contribution in [0.15, 0.2) is 52.9 Å². The van der Waals surface area contributed by atoms with Gasteiger partial charge < -0.3 is 9.80 Å². The molecule has 3 aromatic rings. The van der Waals surface area contributed by atoms with Crippen molar-refractivity contribution >= 4 is 43.8 Å². The van der Waals surface area contributed by atoms with Gasteiger partial charge in [0.15, 0.2) is 5.13 Å². The zero-order valence-electron chi connectivity index (χ0n) is 17.7. The SMILES string of the molecule is Cc1ccc2c(c1)CCCN2CC(=O)N1CCc2cc(S(=O)(=O)Nc3nccs3)ccc21.[HH]. The van der Waals surface area contributed by atoms with Crippen LogP contribution in [-0.2, 0) is 27.7 Å². The highest BCUT2D eigenvalue weighted by Crippen LogP contribution is 2.32. The summed E-state index contributed by atoms with van der Waals surface area (Å²) < 4.78 is 27.9. The van der Waals surface area contributed by atoms with Crippen molar-refractivity contribution in [2.24, 2.45) is 0 Å². The lowest BCUT2D eigenvalue weighted by molar-refractivity contribution is -0.117. The first-order chi connectivity index (χ1) is 15.4. The van der Waals surface area contributed by atoms with Crippen LogP contribution in [0.5, 0.6) is 0 Å². The van der Waals surface area contributed by atoms with Gasteiger partial charge in [0.25, 0.3) is 10.0 Å². The summed E-state index contributed by atoms with van der Waals surface area (Å²) in [5.41, 5.74) is 5.35. The smallest absolute Gasteiger partial charge is 0.263 e. The Morgan fingerprint density at radius 3 is 2.75 bits per heavy atom. The maximum atomic E-state index is 13.2. The molecule has 2 aromatic carbocycles. The Morgan fingerprint density at radius 1 is 1.12 bits per heavy atom. The first-order valence-electron chi connectivity index (χ1n) is 10.6. The van der Waals surface area contributed by atoms with Crippen molar-refractivity contribution in [3.63, 3.8) is 0 Å². The number of hydrogen-bond donors (Lipinski definition) is 1. The number of rotatable bonds is 5. The van der Waals surface area contributed by atoms with Crippen LogP contribution in [0, 0.1) is 6.92 Å². The summed E-state index contributed by atoms with van der Waals surface area (Å²) in [6, 6.07) is 11.4. The van der Waals surface area contributed by atoms with Gasteiger partial charge in [-0.15, -0.1) is 11.3 Å². The molecule has 32 heavy (non-hydrogen) atoms. The van der Waals surface area contributed by atoms with Gasteiger partial charge in [0, 0.05) is 37.5 Å². The number of fused-ring (bicyclic) bond motifs is 2. The maximum absolute atomic E-state index is 13.2. The quantitative estimate of drug-likeness (QED) is 0.613. The van der Waals surface area contributed by atoms with Crippen LogP contribution in [0.3, 0.4) is 0 Å². The number of sulfonamides is 1. The number of carbonyl (C=O) groups is 1. The predicted octanol–water partition coefficient (Wildman–Crippen LogP) is 3.84. The van der Waals surface area contributed by atoms with Gasteiger partial charge in [-0.05, 0) is 61.6 Å². The number of aryl methyl sites for hydroxylation is 2. The molecule has 0 atom stereocenters. The third-order valence-corrected chi connectivity index (χ3v) is 8.14. The first-order valence-corrected chi connectivity index (χ1v) is 13.0. The minimum Gasteiger partial charge on any atom is -0.362 e. The summed E-state index contributed by atoms with van der Waals surface area (Å²) in [5.74, 6) is 0.0358. The molecule has 0 saturated heterocycles. The van der Waals surface area contributed by atoms with Gasteiger partial charge in [0.1, 0.15) is 0 Å². The molecule has 0 unspecified atom stereocenters. The zero-order chi connectivity index (χ0) is 22.3. The second kappa shape index (κ2) is 8.22. The predicted molar refractivity (Wildman–Crippen MR) is 129 cm³/mol. The molecule has 5 rings (SSSR count). The number of anilines is 3. The first kappa shape index (κ1) is 21.0. The average molecular weight is 471 g/mol. The number of nitrogens with one attached hydrogen (secondary N) is 1. The summed E-state index contributed by atoms with van der Waals surface area (Å²) in [6.07, 6.45) is 4.27. The number of aromatic nitrogens is 1. The van der Waals surface area contributed by atoms with Crippen molar-refractivity contribution in [1.82, 2.24) is 4.98 Å². The summed E-state index contributed by atoms with van der Waals surface area (Å²) in [4.78, 5) is 21.3. The summed E-state index contributed by atoms with van der Waals surface area (Å²) in [6.45, 7) is 3.84. The van der Waals surface area contributed by atoms with Crippen molar-refractivity contribution in [3.8, 4) is 0 Å². The lowest BCUT2D eigenvalue weighted by atomic mass is 9.99. The third kappa shape index (κ3) is 3.98. The molecule has 0 bridgehead atoms. The number of thiazole rings is 1. The van der Waals surface area contributed by atoms with E-state index >= 15 is 0 Å². The van der Waals surface area contributed by atoms with E-state index in [9.17, 15) is 13.2 Å². The standard InChI is InChI=1S/C23H24N4O3S2.H2/c1-16-4-6-20-17(13-16)3-2-10-26(20)15-22(28)27-11-8-18-14-19(5-7-21(18)27)32(29,30)25-23-24-9-12-31-23;/h4-7,9,12-14H,2-3,8,10-11,15H2,1H3,(H,24,25);1H. The van der Waals surface area contributed by atoms with Crippen LogP contribution in [0.2, 0.25) is 0 Å². The van der Waals surface area contributed by atoms with Crippen LogP contribution in [0.25, 0.3) is 0 Å². The van der Waals surface area contributed by atoms with Crippen molar-refractivity contribution in [3.05, 3.63) is 64.7 Å². The Bertz CT molecular complexity index is 1280. The molecular formula is C23H26N4O3S2. The molecule has 1 N–H and O–H groups in total. The van der Waals surface area contributed by atoms with Gasteiger partial charge in [-0.25, -0.2) is 13.4 Å². The van der Waals surface area contributed by atoms with Gasteiger partial charge in [-0.1, -0.05) is 17.7 Å². The Kier molecular flexibility index (Phi) is 5.38. The van der Waals surface area contributed by atoms with E-state index in [1.54, 1.807) is 34.7 Å². The molecule has 3 heterocycles. The molecule has 9 heteroatoms. The van der Waals surface area contributed by atoms with E-state index in [-0.39, 0.29) is 12.2 Å². The molecular weight excluding hydrogens is 444 g/mol. The highest BCUT2D eigenvalue weighted by Gasteiger charge is 2.29. The van der Waals surface area contributed by atoms with Crippen LogP contribution < -0.4 is 14.5 Å². The summed E-state index contributed by atoms with van der Waals surface area (Å²) >= 11 is 1.23. The number of nitrogens with zero attached hydrogens (tertiary/aromatic N) is 3. The molecule has 0 radical (unpaired) electrons. The minimum atomic E-state index is -3.72. The molecule has 0 saturated carbocycles. The molecule has 0 fully saturated rings. The second-order valence-electron chi connectivity index (χ2n) is 8.19. The maximum Gasteiger partial charge on any atom is 0.263 e. The molecule has 0 spiro atoms.